The zero-order valence-electron chi connectivity index (χ0n) is 12.0. The van der Waals surface area contributed by atoms with Crippen LogP contribution in [0.2, 0.25) is 0 Å². The van der Waals surface area contributed by atoms with Gasteiger partial charge in [0.2, 0.25) is 11.8 Å². The first kappa shape index (κ1) is 14.1. The Balaban J connectivity index is 1.73. The van der Waals surface area contributed by atoms with Crippen LogP contribution < -0.4 is 10.1 Å². The smallest absolute Gasteiger partial charge is 0.245 e. The maximum atomic E-state index is 8.87. The zero-order chi connectivity index (χ0) is 14.5. The van der Waals surface area contributed by atoms with Crippen molar-refractivity contribution < 1.29 is 9.84 Å². The van der Waals surface area contributed by atoms with E-state index in [1.165, 1.54) is 32.1 Å². The summed E-state index contributed by atoms with van der Waals surface area (Å²) >= 11 is 0. The van der Waals surface area contributed by atoms with Gasteiger partial charge >= 0.3 is 0 Å². The Morgan fingerprint density at radius 3 is 2.95 bits per heavy atom. The van der Waals surface area contributed by atoms with Crippen molar-refractivity contribution >= 4 is 17.1 Å². The van der Waals surface area contributed by atoms with E-state index in [1.54, 1.807) is 6.33 Å². The summed E-state index contributed by atoms with van der Waals surface area (Å²) in [5.41, 5.74) is 1.30. The van der Waals surface area contributed by atoms with Gasteiger partial charge in [-0.15, -0.1) is 0 Å². The summed E-state index contributed by atoms with van der Waals surface area (Å²) in [7, 11) is 0. The summed E-state index contributed by atoms with van der Waals surface area (Å²) in [6.45, 7) is 1.11. The van der Waals surface area contributed by atoms with Crippen molar-refractivity contribution in [1.82, 2.24) is 19.9 Å². The molecule has 0 aromatic carbocycles. The van der Waals surface area contributed by atoms with Gasteiger partial charge in [0.05, 0.1) is 19.5 Å². The Bertz CT molecular complexity index is 580. The predicted octanol–water partition coefficient (Wildman–Crippen LogP) is 1.72. The highest BCUT2D eigenvalue weighted by Gasteiger charge is 2.16. The first-order valence-electron chi connectivity index (χ1n) is 7.55. The number of nitrogens with zero attached hydrogens (tertiary/aromatic N) is 3. The first-order valence-corrected chi connectivity index (χ1v) is 7.55. The van der Waals surface area contributed by atoms with Crippen LogP contribution in [0.15, 0.2) is 6.33 Å². The zero-order valence-corrected chi connectivity index (χ0v) is 12.0. The number of ether oxygens (including phenoxy) is 1. The van der Waals surface area contributed by atoms with Crippen LogP contribution >= 0.6 is 0 Å². The molecular formula is C14H21N5O2. The van der Waals surface area contributed by atoms with E-state index in [-0.39, 0.29) is 6.61 Å². The van der Waals surface area contributed by atoms with Gasteiger partial charge in [0.25, 0.3) is 0 Å². The van der Waals surface area contributed by atoms with Crippen molar-refractivity contribution in [3.05, 3.63) is 6.33 Å². The van der Waals surface area contributed by atoms with E-state index in [0.29, 0.717) is 36.5 Å². The van der Waals surface area contributed by atoms with Gasteiger partial charge in [-0.3, -0.25) is 0 Å². The fourth-order valence-electron chi connectivity index (χ4n) is 2.71. The van der Waals surface area contributed by atoms with Crippen molar-refractivity contribution in [3.63, 3.8) is 0 Å². The monoisotopic (exact) mass is 291 g/mol. The number of aromatic nitrogens is 4. The third-order valence-electron chi connectivity index (χ3n) is 3.83. The van der Waals surface area contributed by atoms with Crippen LogP contribution in [0.25, 0.3) is 11.2 Å². The van der Waals surface area contributed by atoms with Gasteiger partial charge in [-0.2, -0.15) is 9.97 Å². The molecule has 0 saturated heterocycles. The van der Waals surface area contributed by atoms with E-state index in [4.69, 9.17) is 9.84 Å². The van der Waals surface area contributed by atoms with E-state index >= 15 is 0 Å². The number of nitrogens with one attached hydrogen (secondary N) is 2. The number of aliphatic hydroxyl groups excluding tert-OH is 1. The third-order valence-corrected chi connectivity index (χ3v) is 3.83. The van der Waals surface area contributed by atoms with Gasteiger partial charge in [0.1, 0.15) is 5.52 Å². The highest BCUT2D eigenvalue weighted by atomic mass is 16.5. The average Bonchev–Trinajstić information content (AvgIpc) is 3.00. The second-order valence-electron chi connectivity index (χ2n) is 5.42. The van der Waals surface area contributed by atoms with Crippen molar-refractivity contribution in [2.45, 2.75) is 32.1 Å². The molecule has 1 aliphatic carbocycles. The molecular weight excluding hydrogens is 270 g/mol. The molecule has 1 fully saturated rings. The lowest BCUT2D eigenvalue weighted by Gasteiger charge is -2.21. The van der Waals surface area contributed by atoms with Gasteiger partial charge in [-0.25, -0.2) is 4.98 Å². The maximum absolute atomic E-state index is 8.87. The number of aliphatic hydroxyl groups is 1. The summed E-state index contributed by atoms with van der Waals surface area (Å²) in [6, 6.07) is 0. The topological polar surface area (TPSA) is 95.9 Å². The van der Waals surface area contributed by atoms with Crippen LogP contribution in [0.5, 0.6) is 5.88 Å². The Kier molecular flexibility index (Phi) is 4.49. The largest absolute Gasteiger partial charge is 0.476 e. The molecule has 0 aliphatic heterocycles. The molecule has 7 nitrogen and oxygen atoms in total. The Labute approximate surface area is 123 Å². The van der Waals surface area contributed by atoms with Crippen LogP contribution in [-0.2, 0) is 0 Å². The normalized spacial score (nSPS) is 16.2. The number of hydrogen-bond acceptors (Lipinski definition) is 6. The highest BCUT2D eigenvalue weighted by Crippen LogP contribution is 2.26. The molecule has 0 bridgehead atoms. The standard InChI is InChI=1S/C14H21N5O2/c20-7-6-15-14-18-12-11(16-9-17-12)13(19-14)21-8-10-4-2-1-3-5-10/h9-10,20H,1-8H2,(H2,15,16,17,18,19). The second-order valence-corrected chi connectivity index (χ2v) is 5.42. The summed E-state index contributed by atoms with van der Waals surface area (Å²) in [5, 5.41) is 11.8. The number of imidazole rings is 1. The molecule has 2 aromatic rings. The number of rotatable bonds is 6. The Morgan fingerprint density at radius 1 is 1.29 bits per heavy atom. The minimum atomic E-state index is 0.0280. The molecule has 2 aromatic heterocycles. The molecule has 3 rings (SSSR count). The minimum absolute atomic E-state index is 0.0280. The lowest BCUT2D eigenvalue weighted by atomic mass is 9.90. The maximum Gasteiger partial charge on any atom is 0.245 e. The van der Waals surface area contributed by atoms with Gasteiger partial charge in [-0.1, -0.05) is 19.3 Å². The molecule has 2 heterocycles. The SMILES string of the molecule is OCCNc1nc(OCC2CCCCC2)c2[nH]cnc2n1. The minimum Gasteiger partial charge on any atom is -0.476 e. The number of anilines is 1. The van der Waals surface area contributed by atoms with E-state index < -0.39 is 0 Å². The fourth-order valence-corrected chi connectivity index (χ4v) is 2.71. The van der Waals surface area contributed by atoms with E-state index in [0.717, 1.165) is 5.52 Å². The Hall–Kier alpha value is -1.89. The quantitative estimate of drug-likeness (QED) is 0.750. The highest BCUT2D eigenvalue weighted by molar-refractivity contribution is 5.76. The summed E-state index contributed by atoms with van der Waals surface area (Å²) in [6.07, 6.45) is 7.97. The summed E-state index contributed by atoms with van der Waals surface area (Å²) in [5.74, 6) is 1.58. The molecule has 3 N–H and O–H groups in total. The molecule has 0 unspecified atom stereocenters. The number of aromatic amines is 1. The van der Waals surface area contributed by atoms with E-state index in [1.807, 2.05) is 0 Å². The number of H-pyrrole nitrogens is 1. The van der Waals surface area contributed by atoms with Crippen molar-refractivity contribution in [3.8, 4) is 5.88 Å². The molecule has 0 spiro atoms. The van der Waals surface area contributed by atoms with Crippen molar-refractivity contribution in [2.75, 3.05) is 25.1 Å². The van der Waals surface area contributed by atoms with Crippen molar-refractivity contribution in [1.29, 1.82) is 0 Å². The first-order chi connectivity index (χ1) is 10.4. The van der Waals surface area contributed by atoms with Gasteiger partial charge in [-0.05, 0) is 18.8 Å². The van der Waals surface area contributed by atoms with Gasteiger partial charge < -0.3 is 20.1 Å². The van der Waals surface area contributed by atoms with Crippen LogP contribution in [-0.4, -0.2) is 44.8 Å². The molecule has 0 amide bonds. The van der Waals surface area contributed by atoms with E-state index in [2.05, 4.69) is 25.3 Å². The lowest BCUT2D eigenvalue weighted by molar-refractivity contribution is 0.204. The van der Waals surface area contributed by atoms with Crippen molar-refractivity contribution in [2.24, 2.45) is 5.92 Å². The lowest BCUT2D eigenvalue weighted by Crippen LogP contribution is -2.16. The van der Waals surface area contributed by atoms with Gasteiger partial charge in [0.15, 0.2) is 5.65 Å². The Morgan fingerprint density at radius 2 is 2.14 bits per heavy atom. The molecule has 0 radical (unpaired) electrons. The average molecular weight is 291 g/mol. The molecule has 114 valence electrons. The fraction of sp³-hybridized carbons (Fsp3) is 0.643. The van der Waals surface area contributed by atoms with Gasteiger partial charge in [0, 0.05) is 6.54 Å². The molecule has 1 aliphatic rings. The molecule has 0 atom stereocenters. The predicted molar refractivity (Wildman–Crippen MR) is 79.3 cm³/mol. The molecule has 7 heteroatoms. The number of fused-ring (bicyclic) bond motifs is 1. The summed E-state index contributed by atoms with van der Waals surface area (Å²) in [4.78, 5) is 15.8. The third kappa shape index (κ3) is 3.41. The molecule has 1 saturated carbocycles. The summed E-state index contributed by atoms with van der Waals surface area (Å²) < 4.78 is 5.91. The second kappa shape index (κ2) is 6.71. The van der Waals surface area contributed by atoms with Crippen LogP contribution in [0.3, 0.4) is 0 Å². The molecule has 21 heavy (non-hydrogen) atoms. The van der Waals surface area contributed by atoms with Crippen LogP contribution in [0, 0.1) is 5.92 Å². The van der Waals surface area contributed by atoms with Crippen LogP contribution in [0.1, 0.15) is 32.1 Å². The van der Waals surface area contributed by atoms with E-state index in [9.17, 15) is 0 Å². The van der Waals surface area contributed by atoms with Crippen LogP contribution in [0.4, 0.5) is 5.95 Å². The number of hydrogen-bond donors (Lipinski definition) is 3.